The van der Waals surface area contributed by atoms with Crippen LogP contribution in [0.15, 0.2) is 48.5 Å². The minimum absolute atomic E-state index is 0.0158. The molecule has 0 saturated heterocycles. The smallest absolute Gasteiger partial charge is 0.305 e. The summed E-state index contributed by atoms with van der Waals surface area (Å²) in [5.41, 5.74) is 1.42. The van der Waals surface area contributed by atoms with Gasteiger partial charge in [-0.2, -0.15) is 0 Å². The van der Waals surface area contributed by atoms with Crippen molar-refractivity contribution in [2.45, 2.75) is 25.8 Å². The van der Waals surface area contributed by atoms with E-state index < -0.39 is 17.6 Å². The van der Waals surface area contributed by atoms with Crippen LogP contribution in [0.2, 0.25) is 0 Å². The zero-order chi connectivity index (χ0) is 18.2. The van der Waals surface area contributed by atoms with Gasteiger partial charge in [0.05, 0.1) is 6.42 Å². The van der Waals surface area contributed by atoms with Crippen LogP contribution in [-0.2, 0) is 22.6 Å². The fourth-order valence-electron chi connectivity index (χ4n) is 2.43. The third-order valence-corrected chi connectivity index (χ3v) is 3.78. The lowest BCUT2D eigenvalue weighted by Gasteiger charge is -2.22. The van der Waals surface area contributed by atoms with Gasteiger partial charge in [0.1, 0.15) is 0 Å². The van der Waals surface area contributed by atoms with E-state index in [9.17, 15) is 18.4 Å². The molecule has 0 fully saturated rings. The minimum atomic E-state index is -1.02. The van der Waals surface area contributed by atoms with Gasteiger partial charge in [-0.25, -0.2) is 8.78 Å². The van der Waals surface area contributed by atoms with E-state index in [0.29, 0.717) is 12.0 Å². The summed E-state index contributed by atoms with van der Waals surface area (Å²) < 4.78 is 26.4. The van der Waals surface area contributed by atoms with E-state index in [1.807, 2.05) is 30.3 Å². The number of amides is 1. The second-order valence-electron chi connectivity index (χ2n) is 5.69. The van der Waals surface area contributed by atoms with Crippen LogP contribution in [0, 0.1) is 11.6 Å². The number of carbonyl (C=O) groups is 2. The Morgan fingerprint density at radius 3 is 2.28 bits per heavy atom. The fraction of sp³-hybridized carbons (Fsp3) is 0.263. The van der Waals surface area contributed by atoms with Crippen molar-refractivity contribution in [1.82, 2.24) is 4.90 Å². The lowest BCUT2D eigenvalue weighted by Crippen LogP contribution is -2.32. The molecule has 0 heterocycles. The van der Waals surface area contributed by atoms with E-state index in [0.717, 1.165) is 17.7 Å². The molecule has 0 aliphatic rings. The molecule has 6 heteroatoms. The van der Waals surface area contributed by atoms with Crippen LogP contribution in [0.1, 0.15) is 24.0 Å². The van der Waals surface area contributed by atoms with Crippen molar-refractivity contribution in [3.05, 3.63) is 71.3 Å². The van der Waals surface area contributed by atoms with Crippen molar-refractivity contribution in [2.75, 3.05) is 6.54 Å². The first-order valence-corrected chi connectivity index (χ1v) is 7.93. The third kappa shape index (κ3) is 5.99. The number of rotatable bonds is 8. The zero-order valence-electron chi connectivity index (χ0n) is 13.6. The number of carboxylic acids is 1. The van der Waals surface area contributed by atoms with E-state index in [2.05, 4.69) is 0 Å². The molecule has 0 aliphatic heterocycles. The molecule has 0 unspecified atom stereocenters. The van der Waals surface area contributed by atoms with Gasteiger partial charge < -0.3 is 10.0 Å². The average Bonchev–Trinajstić information content (AvgIpc) is 2.60. The summed E-state index contributed by atoms with van der Waals surface area (Å²) >= 11 is 0. The Morgan fingerprint density at radius 1 is 0.920 bits per heavy atom. The number of aryl methyl sites for hydroxylation is 1. The summed E-state index contributed by atoms with van der Waals surface area (Å²) in [7, 11) is 0. The Bertz CT molecular complexity index is 735. The first-order chi connectivity index (χ1) is 12.0. The number of carboxylic acid groups (broad SMARTS) is 1. The molecule has 25 heavy (non-hydrogen) atoms. The molecule has 0 aliphatic carbocycles. The summed E-state index contributed by atoms with van der Waals surface area (Å²) in [6.45, 7) is 0.0556. The van der Waals surface area contributed by atoms with Crippen LogP contribution in [-0.4, -0.2) is 28.4 Å². The highest BCUT2D eigenvalue weighted by molar-refractivity contribution is 5.77. The van der Waals surface area contributed by atoms with Crippen LogP contribution >= 0.6 is 0 Å². The van der Waals surface area contributed by atoms with E-state index in [1.54, 1.807) is 0 Å². The lowest BCUT2D eigenvalue weighted by atomic mass is 10.1. The van der Waals surface area contributed by atoms with Gasteiger partial charge in [-0.3, -0.25) is 9.59 Å². The molecule has 2 aromatic carbocycles. The van der Waals surface area contributed by atoms with Crippen LogP contribution in [0.5, 0.6) is 0 Å². The predicted molar refractivity (Wildman–Crippen MR) is 88.8 cm³/mol. The largest absolute Gasteiger partial charge is 0.481 e. The van der Waals surface area contributed by atoms with Crippen molar-refractivity contribution in [3.63, 3.8) is 0 Å². The van der Waals surface area contributed by atoms with E-state index in [1.165, 1.54) is 11.0 Å². The topological polar surface area (TPSA) is 57.6 Å². The van der Waals surface area contributed by atoms with Gasteiger partial charge in [-0.1, -0.05) is 36.4 Å². The van der Waals surface area contributed by atoms with Crippen molar-refractivity contribution in [2.24, 2.45) is 0 Å². The molecule has 0 atom stereocenters. The van der Waals surface area contributed by atoms with Crippen LogP contribution in [0.3, 0.4) is 0 Å². The van der Waals surface area contributed by atoms with Crippen LogP contribution in [0.25, 0.3) is 0 Å². The summed E-state index contributed by atoms with van der Waals surface area (Å²) in [4.78, 5) is 24.6. The first-order valence-electron chi connectivity index (χ1n) is 7.93. The number of hydrogen-bond acceptors (Lipinski definition) is 2. The molecule has 132 valence electrons. The summed E-state index contributed by atoms with van der Waals surface area (Å²) in [6, 6.07) is 12.9. The van der Waals surface area contributed by atoms with Crippen molar-refractivity contribution in [3.8, 4) is 0 Å². The number of carbonyl (C=O) groups excluding carboxylic acids is 1. The first kappa shape index (κ1) is 18.6. The molecule has 0 saturated carbocycles. The van der Waals surface area contributed by atoms with Crippen molar-refractivity contribution < 1.29 is 23.5 Å². The summed E-state index contributed by atoms with van der Waals surface area (Å²) in [5.74, 6) is -3.20. The monoisotopic (exact) mass is 347 g/mol. The molecule has 0 aromatic heterocycles. The Kier molecular flexibility index (Phi) is 6.62. The Labute approximate surface area is 144 Å². The average molecular weight is 347 g/mol. The van der Waals surface area contributed by atoms with Gasteiger partial charge in [0.15, 0.2) is 11.6 Å². The Hall–Kier alpha value is -2.76. The molecule has 0 spiro atoms. The van der Waals surface area contributed by atoms with E-state index in [4.69, 9.17) is 5.11 Å². The second-order valence-corrected chi connectivity index (χ2v) is 5.69. The van der Waals surface area contributed by atoms with Gasteiger partial charge in [0.2, 0.25) is 5.91 Å². The number of halogens is 2. The number of benzene rings is 2. The van der Waals surface area contributed by atoms with Gasteiger partial charge >= 0.3 is 5.97 Å². The number of aliphatic carboxylic acids is 1. The third-order valence-electron chi connectivity index (χ3n) is 3.78. The minimum Gasteiger partial charge on any atom is -0.481 e. The Balaban J connectivity index is 2.04. The van der Waals surface area contributed by atoms with Crippen LogP contribution in [0.4, 0.5) is 8.78 Å². The molecule has 0 bridgehead atoms. The van der Waals surface area contributed by atoms with Crippen molar-refractivity contribution >= 4 is 11.9 Å². The molecule has 0 radical (unpaired) electrons. The maximum Gasteiger partial charge on any atom is 0.305 e. The SMILES string of the molecule is O=C(O)CCN(Cc1ccc(F)c(F)c1)C(=O)CCc1ccccc1. The standard InChI is InChI=1S/C19H19F2NO3/c20-16-8-6-15(12-17(16)21)13-22(11-10-19(24)25)18(23)9-7-14-4-2-1-3-5-14/h1-6,8,12H,7,9-11,13H2,(H,24,25). The maximum atomic E-state index is 13.3. The molecular weight excluding hydrogens is 328 g/mol. The van der Waals surface area contributed by atoms with Gasteiger partial charge in [-0.15, -0.1) is 0 Å². The molecule has 4 nitrogen and oxygen atoms in total. The van der Waals surface area contributed by atoms with E-state index in [-0.39, 0.29) is 31.8 Å². The summed E-state index contributed by atoms with van der Waals surface area (Å²) in [6.07, 6.45) is 0.537. The fourth-order valence-corrected chi connectivity index (χ4v) is 2.43. The number of hydrogen-bond donors (Lipinski definition) is 1. The van der Waals surface area contributed by atoms with Gasteiger partial charge in [0, 0.05) is 19.5 Å². The second kappa shape index (κ2) is 8.92. The maximum absolute atomic E-state index is 13.3. The summed E-state index contributed by atoms with van der Waals surface area (Å²) in [5, 5.41) is 8.85. The molecule has 2 rings (SSSR count). The predicted octanol–water partition coefficient (Wildman–Crippen LogP) is 3.40. The number of nitrogens with zero attached hydrogens (tertiary/aromatic N) is 1. The lowest BCUT2D eigenvalue weighted by molar-refractivity contribution is -0.138. The van der Waals surface area contributed by atoms with Gasteiger partial charge in [-0.05, 0) is 29.7 Å². The zero-order valence-corrected chi connectivity index (χ0v) is 13.6. The van der Waals surface area contributed by atoms with Crippen molar-refractivity contribution in [1.29, 1.82) is 0 Å². The quantitative estimate of drug-likeness (QED) is 0.796. The van der Waals surface area contributed by atoms with E-state index >= 15 is 0 Å². The highest BCUT2D eigenvalue weighted by atomic mass is 19.2. The normalized spacial score (nSPS) is 10.5. The molecular formula is C19H19F2NO3. The van der Waals surface area contributed by atoms with Crippen LogP contribution < -0.4 is 0 Å². The molecule has 1 N–H and O–H groups in total. The highest BCUT2D eigenvalue weighted by Crippen LogP contribution is 2.13. The molecule has 1 amide bonds. The van der Waals surface area contributed by atoms with Gasteiger partial charge in [0.25, 0.3) is 0 Å². The Morgan fingerprint density at radius 2 is 1.64 bits per heavy atom. The highest BCUT2D eigenvalue weighted by Gasteiger charge is 2.16. The molecule has 2 aromatic rings.